The molecule has 0 aromatic heterocycles. The molecule has 0 atom stereocenters. The average molecular weight is 492 g/mol. The van der Waals surface area contributed by atoms with Crippen LogP contribution < -0.4 is 10.2 Å². The van der Waals surface area contributed by atoms with Gasteiger partial charge in [0.1, 0.15) is 0 Å². The van der Waals surface area contributed by atoms with Crippen molar-refractivity contribution in [2.24, 2.45) is 5.10 Å². The maximum absolute atomic E-state index is 13.4. The van der Waals surface area contributed by atoms with E-state index in [9.17, 15) is 9.59 Å². The highest BCUT2D eigenvalue weighted by molar-refractivity contribution is 6.23. The number of likely N-dealkylation sites (N-methyl/N-ethyl adjacent to an activating group) is 2. The Bertz CT molecular complexity index is 1350. The summed E-state index contributed by atoms with van der Waals surface area (Å²) in [5.41, 5.74) is 3.24. The minimum Gasteiger partial charge on any atom is -0.308 e. The van der Waals surface area contributed by atoms with Gasteiger partial charge in [-0.2, -0.15) is 5.10 Å². The number of rotatable bonds is 8. The fraction of sp³-hybridized carbons (Fsp3) is 0.167. The monoisotopic (exact) mass is 491 g/mol. The lowest BCUT2D eigenvalue weighted by Gasteiger charge is -2.22. The molecule has 0 saturated carbocycles. The van der Waals surface area contributed by atoms with Gasteiger partial charge in [-0.3, -0.25) is 9.80 Å². The van der Waals surface area contributed by atoms with Crippen LogP contribution in [0.25, 0.3) is 0 Å². The number of carbonyl (C=O) groups excluding carboxylic acids is 2. The Morgan fingerprint density at radius 3 is 2.19 bits per heavy atom. The molecule has 3 aromatic rings. The van der Waals surface area contributed by atoms with E-state index >= 15 is 0 Å². The topological polar surface area (TPSA) is 68.2 Å². The number of benzene rings is 3. The molecule has 0 radical (unpaired) electrons. The molecule has 0 bridgehead atoms. The van der Waals surface area contributed by atoms with Crippen molar-refractivity contribution in [3.63, 3.8) is 0 Å². The summed E-state index contributed by atoms with van der Waals surface area (Å²) in [6, 6.07) is 19.7. The predicted octanol–water partition coefficient (Wildman–Crippen LogP) is 4.36. The Labute approximate surface area is 218 Å². The van der Waals surface area contributed by atoms with E-state index in [1.165, 1.54) is 0 Å². The number of anilines is 2. The third kappa shape index (κ3) is 7.57. The summed E-state index contributed by atoms with van der Waals surface area (Å²) >= 11 is 0. The molecule has 186 valence electrons. The highest BCUT2D eigenvalue weighted by atomic mass is 16.2. The molecule has 0 fully saturated rings. The number of nitrogens with one attached hydrogen (secondary N) is 1. The Morgan fingerprint density at radius 1 is 0.892 bits per heavy atom. The molecule has 0 saturated heterocycles. The Balaban J connectivity index is 1.80. The van der Waals surface area contributed by atoms with Crippen LogP contribution >= 0.6 is 0 Å². The largest absolute Gasteiger partial charge is 0.333 e. The van der Waals surface area contributed by atoms with Crippen molar-refractivity contribution in [3.05, 3.63) is 95.1 Å². The molecule has 1 N–H and O–H groups in total. The zero-order valence-electron chi connectivity index (χ0n) is 21.2. The van der Waals surface area contributed by atoms with E-state index in [1.807, 2.05) is 38.3 Å². The van der Waals surface area contributed by atoms with Crippen molar-refractivity contribution in [1.82, 2.24) is 9.91 Å². The van der Waals surface area contributed by atoms with Gasteiger partial charge in [-0.1, -0.05) is 30.0 Å². The van der Waals surface area contributed by atoms with Crippen LogP contribution in [0.3, 0.4) is 0 Å². The van der Waals surface area contributed by atoms with Crippen molar-refractivity contribution in [1.29, 1.82) is 0 Å². The zero-order chi connectivity index (χ0) is 26.8. The number of hydrogen-bond acceptors (Lipinski definition) is 5. The normalized spacial score (nSPS) is 10.5. The van der Waals surface area contributed by atoms with E-state index < -0.39 is 11.9 Å². The average Bonchev–Trinajstić information content (AvgIpc) is 2.92. The Kier molecular flexibility index (Phi) is 9.21. The van der Waals surface area contributed by atoms with Gasteiger partial charge in [-0.15, -0.1) is 12.8 Å². The molecular formula is C30H29N5O2. The first-order valence-electron chi connectivity index (χ1n) is 11.6. The summed E-state index contributed by atoms with van der Waals surface area (Å²) in [5.74, 6) is 4.52. The standard InChI is InChI=1S/C30H29N5O2/c1-6-23-13-17-28(18-14-23)35(29(36)26-10-8-9-24(7-2)21-26)30(37)32-27-15-11-25(12-16-27)22-31-34(5)20-19-33(3)4/h1-2,8-18,21-22H,19-20H2,3-5H3,(H,32,37). The van der Waals surface area contributed by atoms with Crippen molar-refractivity contribution in [2.45, 2.75) is 0 Å². The fourth-order valence-electron chi connectivity index (χ4n) is 3.30. The Morgan fingerprint density at radius 2 is 1.57 bits per heavy atom. The summed E-state index contributed by atoms with van der Waals surface area (Å²) in [6.45, 7) is 1.70. The van der Waals surface area contributed by atoms with Crippen LogP contribution in [0.5, 0.6) is 0 Å². The van der Waals surface area contributed by atoms with Gasteiger partial charge in [0.25, 0.3) is 5.91 Å². The SMILES string of the molecule is C#Cc1ccc(N(C(=O)Nc2ccc(C=NN(C)CCN(C)C)cc2)C(=O)c2cccc(C#C)c2)cc1. The molecule has 0 aliphatic carbocycles. The van der Waals surface area contributed by atoms with Gasteiger partial charge >= 0.3 is 6.03 Å². The molecule has 3 amide bonds. The van der Waals surface area contributed by atoms with Crippen LogP contribution in [0.4, 0.5) is 16.2 Å². The van der Waals surface area contributed by atoms with Gasteiger partial charge in [-0.05, 0) is 74.3 Å². The van der Waals surface area contributed by atoms with E-state index in [-0.39, 0.29) is 5.56 Å². The number of urea groups is 1. The first-order chi connectivity index (χ1) is 17.8. The van der Waals surface area contributed by atoms with E-state index in [1.54, 1.807) is 66.9 Å². The molecule has 0 aliphatic rings. The lowest BCUT2D eigenvalue weighted by molar-refractivity contribution is 0.0995. The van der Waals surface area contributed by atoms with Gasteiger partial charge in [-0.25, -0.2) is 9.69 Å². The number of terminal acetylenes is 2. The lowest BCUT2D eigenvalue weighted by atomic mass is 10.1. The quantitative estimate of drug-likeness (QED) is 0.289. The first kappa shape index (κ1) is 26.7. The third-order valence-corrected chi connectivity index (χ3v) is 5.41. The molecule has 0 spiro atoms. The molecule has 37 heavy (non-hydrogen) atoms. The molecule has 0 unspecified atom stereocenters. The summed E-state index contributed by atoms with van der Waals surface area (Å²) in [6.07, 6.45) is 12.7. The first-order valence-corrected chi connectivity index (χ1v) is 11.6. The van der Waals surface area contributed by atoms with Gasteiger partial charge < -0.3 is 10.2 Å². The second-order valence-electron chi connectivity index (χ2n) is 8.54. The van der Waals surface area contributed by atoms with E-state index in [0.717, 1.165) is 23.6 Å². The van der Waals surface area contributed by atoms with Crippen LogP contribution in [0.1, 0.15) is 27.0 Å². The smallest absolute Gasteiger partial charge is 0.308 e. The van der Waals surface area contributed by atoms with Gasteiger partial charge in [0.05, 0.1) is 11.9 Å². The number of nitrogens with zero attached hydrogens (tertiary/aromatic N) is 4. The zero-order valence-corrected chi connectivity index (χ0v) is 21.2. The van der Waals surface area contributed by atoms with Crippen molar-refractivity contribution < 1.29 is 9.59 Å². The summed E-state index contributed by atoms with van der Waals surface area (Å²) in [5, 5.41) is 9.08. The number of amides is 3. The van der Waals surface area contributed by atoms with Gasteiger partial charge in [0.15, 0.2) is 0 Å². The number of hydrazone groups is 1. The van der Waals surface area contributed by atoms with Crippen LogP contribution in [0.15, 0.2) is 77.9 Å². The molecule has 7 nitrogen and oxygen atoms in total. The number of imide groups is 1. The van der Waals surface area contributed by atoms with E-state index in [0.29, 0.717) is 22.5 Å². The fourth-order valence-corrected chi connectivity index (χ4v) is 3.30. The van der Waals surface area contributed by atoms with Crippen LogP contribution in [0, 0.1) is 24.7 Å². The second kappa shape index (κ2) is 12.7. The Hall–Kier alpha value is -4.85. The lowest BCUT2D eigenvalue weighted by Crippen LogP contribution is -2.40. The summed E-state index contributed by atoms with van der Waals surface area (Å²) in [7, 11) is 5.94. The number of carbonyl (C=O) groups is 2. The van der Waals surface area contributed by atoms with E-state index in [4.69, 9.17) is 12.8 Å². The third-order valence-electron chi connectivity index (χ3n) is 5.41. The van der Waals surface area contributed by atoms with Crippen LogP contribution in [-0.4, -0.2) is 62.3 Å². The summed E-state index contributed by atoms with van der Waals surface area (Å²) < 4.78 is 0. The molecule has 3 aromatic carbocycles. The highest BCUT2D eigenvalue weighted by Gasteiger charge is 2.25. The van der Waals surface area contributed by atoms with Crippen LogP contribution in [0.2, 0.25) is 0 Å². The summed E-state index contributed by atoms with van der Waals surface area (Å²) in [4.78, 5) is 29.9. The minimum absolute atomic E-state index is 0.288. The molecule has 3 rings (SSSR count). The molecule has 7 heteroatoms. The van der Waals surface area contributed by atoms with Crippen LogP contribution in [-0.2, 0) is 0 Å². The minimum atomic E-state index is -0.616. The highest BCUT2D eigenvalue weighted by Crippen LogP contribution is 2.21. The van der Waals surface area contributed by atoms with Gasteiger partial charge in [0, 0.05) is 42.5 Å². The second-order valence-corrected chi connectivity index (χ2v) is 8.54. The number of hydrogen-bond donors (Lipinski definition) is 1. The predicted molar refractivity (Wildman–Crippen MR) is 150 cm³/mol. The van der Waals surface area contributed by atoms with Crippen molar-refractivity contribution in [2.75, 3.05) is 44.4 Å². The molecular weight excluding hydrogens is 462 g/mol. The van der Waals surface area contributed by atoms with Crippen molar-refractivity contribution >= 4 is 29.5 Å². The maximum Gasteiger partial charge on any atom is 0.333 e. The maximum atomic E-state index is 13.4. The molecule has 0 heterocycles. The van der Waals surface area contributed by atoms with Gasteiger partial charge in [0.2, 0.25) is 0 Å². The molecule has 0 aliphatic heterocycles. The van der Waals surface area contributed by atoms with Crippen molar-refractivity contribution in [3.8, 4) is 24.7 Å². The van der Waals surface area contributed by atoms with E-state index in [2.05, 4.69) is 27.2 Å².